The fourth-order valence-corrected chi connectivity index (χ4v) is 6.61. The molecule has 1 aliphatic rings. The molecule has 0 saturated heterocycles. The van der Waals surface area contributed by atoms with Crippen LogP contribution in [0.4, 0.5) is 31.1 Å². The first-order valence-electron chi connectivity index (χ1n) is 15.7. The van der Waals surface area contributed by atoms with Crippen LogP contribution in [-0.2, 0) is 25.1 Å². The van der Waals surface area contributed by atoms with Gasteiger partial charge < -0.3 is 15.8 Å². The Kier molecular flexibility index (Phi) is 10.8. The Bertz CT molecular complexity index is 2220. The highest BCUT2D eigenvalue weighted by atomic mass is 35.5. The Morgan fingerprint density at radius 2 is 1.81 bits per heavy atom. The molecule has 0 aliphatic carbocycles. The van der Waals surface area contributed by atoms with E-state index >= 15 is 4.39 Å². The number of carbonyl (C=O) groups excluding carboxylic acids is 2. The number of alkyl halides is 5. The van der Waals surface area contributed by atoms with E-state index in [9.17, 15) is 40.0 Å². The van der Waals surface area contributed by atoms with E-state index in [-0.39, 0.29) is 39.4 Å². The third-order valence-electron chi connectivity index (χ3n) is 8.04. The van der Waals surface area contributed by atoms with E-state index < -0.39 is 82.4 Å². The number of guanidine groups is 1. The molecule has 2 atom stereocenters. The molecule has 5 rings (SSSR count). The first-order valence-corrected chi connectivity index (χ1v) is 17.9. The molecule has 1 aliphatic heterocycles. The highest BCUT2D eigenvalue weighted by Crippen LogP contribution is 2.46. The van der Waals surface area contributed by atoms with Crippen LogP contribution in [0.1, 0.15) is 56.6 Å². The SMILES string of the molecule is CC(C)(C)C[C@]1(c2ccc(-c3cnn(S(C)(=O)=O)c3)c(F)c2)N=C(N)N([C@H](COC(=O)NCC(F)(F)F)c2ccc(Cl)c(-n3ncnc3C(F)F)c2)C1=O. The topological polar surface area (TPSA) is 180 Å². The molecule has 0 saturated carbocycles. The summed E-state index contributed by atoms with van der Waals surface area (Å²) in [6, 6.07) is 6.08. The number of benzene rings is 2. The van der Waals surface area contributed by atoms with Crippen molar-refractivity contribution in [2.24, 2.45) is 16.1 Å². The van der Waals surface area contributed by atoms with Crippen molar-refractivity contribution in [3.8, 4) is 16.8 Å². The molecule has 290 valence electrons. The van der Waals surface area contributed by atoms with Crippen LogP contribution < -0.4 is 11.1 Å². The van der Waals surface area contributed by atoms with Gasteiger partial charge in [0, 0.05) is 11.1 Å². The molecule has 2 aromatic carbocycles. The fourth-order valence-electron chi connectivity index (χ4n) is 5.89. The summed E-state index contributed by atoms with van der Waals surface area (Å²) in [6.45, 7) is 2.75. The van der Waals surface area contributed by atoms with Crippen molar-refractivity contribution >= 4 is 39.6 Å². The maximum absolute atomic E-state index is 15.9. The van der Waals surface area contributed by atoms with Gasteiger partial charge in [-0.3, -0.25) is 9.69 Å². The predicted octanol–water partition coefficient (Wildman–Crippen LogP) is 5.49. The Labute approximate surface area is 309 Å². The van der Waals surface area contributed by atoms with Gasteiger partial charge >= 0.3 is 12.3 Å². The lowest BCUT2D eigenvalue weighted by Crippen LogP contribution is -2.47. The maximum Gasteiger partial charge on any atom is 0.407 e. The smallest absolute Gasteiger partial charge is 0.407 e. The highest BCUT2D eigenvalue weighted by Gasteiger charge is 2.53. The number of carbonyl (C=O) groups is 2. The van der Waals surface area contributed by atoms with E-state index in [1.165, 1.54) is 30.3 Å². The van der Waals surface area contributed by atoms with Gasteiger partial charge in [0.2, 0.25) is 0 Å². The van der Waals surface area contributed by atoms with E-state index in [1.54, 1.807) is 26.1 Å². The van der Waals surface area contributed by atoms with Crippen molar-refractivity contribution in [3.05, 3.63) is 82.9 Å². The molecular formula is C32H32ClF6N9O5S. The quantitative estimate of drug-likeness (QED) is 0.186. The molecule has 22 heteroatoms. The summed E-state index contributed by atoms with van der Waals surface area (Å²) in [4.78, 5) is 36.2. The summed E-state index contributed by atoms with van der Waals surface area (Å²) >= 11 is 6.36. The molecule has 14 nitrogen and oxygen atoms in total. The number of alkyl carbamates (subject to hydrolysis) is 1. The monoisotopic (exact) mass is 803 g/mol. The first kappa shape index (κ1) is 40.0. The second-order valence-electron chi connectivity index (χ2n) is 13.4. The summed E-state index contributed by atoms with van der Waals surface area (Å²) in [7, 11) is -3.78. The Morgan fingerprint density at radius 1 is 1.11 bits per heavy atom. The number of hydrogen-bond donors (Lipinski definition) is 2. The molecule has 0 fully saturated rings. The molecule has 3 heterocycles. The molecular weight excluding hydrogens is 772 g/mol. The van der Waals surface area contributed by atoms with E-state index in [1.807, 2.05) is 0 Å². The minimum absolute atomic E-state index is 0.0215. The number of nitrogens with two attached hydrogens (primary N) is 1. The van der Waals surface area contributed by atoms with Crippen LogP contribution in [0.3, 0.4) is 0 Å². The molecule has 54 heavy (non-hydrogen) atoms. The van der Waals surface area contributed by atoms with Crippen LogP contribution in [0.2, 0.25) is 5.02 Å². The second-order valence-corrected chi connectivity index (χ2v) is 15.7. The molecule has 3 N–H and O–H groups in total. The van der Waals surface area contributed by atoms with Crippen LogP contribution in [0.5, 0.6) is 0 Å². The van der Waals surface area contributed by atoms with E-state index in [4.69, 9.17) is 22.1 Å². The minimum atomic E-state index is -4.78. The lowest BCUT2D eigenvalue weighted by molar-refractivity contribution is -0.135. The summed E-state index contributed by atoms with van der Waals surface area (Å²) in [5, 5.41) is 9.02. The van der Waals surface area contributed by atoms with Crippen LogP contribution in [0, 0.1) is 11.2 Å². The summed E-state index contributed by atoms with van der Waals surface area (Å²) in [5.74, 6) is -2.98. The van der Waals surface area contributed by atoms with Gasteiger partial charge in [0.25, 0.3) is 22.4 Å². The molecule has 0 radical (unpaired) electrons. The number of aromatic nitrogens is 5. The minimum Gasteiger partial charge on any atom is -0.447 e. The van der Waals surface area contributed by atoms with Crippen molar-refractivity contribution in [1.82, 2.24) is 34.2 Å². The van der Waals surface area contributed by atoms with Crippen LogP contribution in [0.15, 0.2) is 60.1 Å². The molecule has 0 bridgehead atoms. The summed E-state index contributed by atoms with van der Waals surface area (Å²) in [5.41, 5.74) is 3.77. The van der Waals surface area contributed by atoms with Crippen molar-refractivity contribution in [1.29, 1.82) is 0 Å². The molecule has 2 aromatic heterocycles. The van der Waals surface area contributed by atoms with Gasteiger partial charge in [-0.2, -0.15) is 27.5 Å². The summed E-state index contributed by atoms with van der Waals surface area (Å²) < 4.78 is 112. The average molecular weight is 804 g/mol. The first-order chi connectivity index (χ1) is 25.0. The third-order valence-corrected chi connectivity index (χ3v) is 9.24. The number of nitrogens with zero attached hydrogens (tertiary/aromatic N) is 7. The van der Waals surface area contributed by atoms with E-state index in [2.05, 4.69) is 20.2 Å². The standard InChI is InChI=1S/C32H32ClF6N9O5S/c1-30(2,3)14-31(19-6-7-20(22(34)10-19)18-11-43-46(12-18)54(4,51)52)27(49)47(28(40)45-31)24(13-53-29(50)41-15-32(37,38)39)17-5-8-21(33)23(9-17)48-26(25(35)36)42-16-44-48/h5-12,16,24-25H,13-15H2,1-4H3,(H2,40,45)(H,41,50)/t24-,31-/m1/s1. The molecule has 0 spiro atoms. The van der Waals surface area contributed by atoms with Gasteiger partial charge in [-0.1, -0.05) is 50.6 Å². The Morgan fingerprint density at radius 3 is 2.41 bits per heavy atom. The zero-order chi connectivity index (χ0) is 40.0. The number of hydrogen-bond acceptors (Lipinski definition) is 10. The largest absolute Gasteiger partial charge is 0.447 e. The maximum atomic E-state index is 15.9. The second kappa shape index (κ2) is 14.6. The normalized spacial score (nSPS) is 17.2. The number of ether oxygens (including phenoxy) is 1. The Balaban J connectivity index is 1.60. The van der Waals surface area contributed by atoms with Crippen LogP contribution in [0.25, 0.3) is 16.8 Å². The highest BCUT2D eigenvalue weighted by molar-refractivity contribution is 7.89. The van der Waals surface area contributed by atoms with Gasteiger partial charge in [0.05, 0.1) is 35.4 Å². The zero-order valence-corrected chi connectivity index (χ0v) is 30.3. The van der Waals surface area contributed by atoms with Crippen molar-refractivity contribution < 1.29 is 49.1 Å². The van der Waals surface area contributed by atoms with Crippen LogP contribution in [-0.4, -0.2) is 80.8 Å². The van der Waals surface area contributed by atoms with Crippen molar-refractivity contribution in [3.63, 3.8) is 0 Å². The van der Waals surface area contributed by atoms with Gasteiger partial charge in [0.1, 0.15) is 25.3 Å². The molecule has 4 aromatic rings. The van der Waals surface area contributed by atoms with Gasteiger partial charge in [-0.25, -0.2) is 41.0 Å². The molecule has 0 unspecified atom stereocenters. The summed E-state index contributed by atoms with van der Waals surface area (Å²) in [6.07, 6.45) is -5.45. The van der Waals surface area contributed by atoms with Gasteiger partial charge in [-0.05, 0) is 41.2 Å². The van der Waals surface area contributed by atoms with E-state index in [0.29, 0.717) is 4.09 Å². The third kappa shape index (κ3) is 8.46. The average Bonchev–Trinajstić information content (AvgIpc) is 3.80. The van der Waals surface area contributed by atoms with Crippen LogP contribution >= 0.6 is 11.6 Å². The number of rotatable bonds is 11. The van der Waals surface area contributed by atoms with Gasteiger partial charge in [-0.15, -0.1) is 0 Å². The van der Waals surface area contributed by atoms with Gasteiger partial charge in [0.15, 0.2) is 17.3 Å². The molecule has 2 amide bonds. The van der Waals surface area contributed by atoms with Crippen molar-refractivity contribution in [2.45, 2.75) is 51.4 Å². The number of nitrogens with one attached hydrogen (secondary N) is 1. The fraction of sp³-hybridized carbons (Fsp3) is 0.375. The lowest BCUT2D eigenvalue weighted by atomic mass is 9.75. The number of halogens is 7. The Hall–Kier alpha value is -5.18. The zero-order valence-electron chi connectivity index (χ0n) is 28.8. The van der Waals surface area contributed by atoms with Crippen molar-refractivity contribution in [2.75, 3.05) is 19.4 Å². The van der Waals surface area contributed by atoms with E-state index in [0.717, 1.165) is 40.6 Å². The number of amides is 2. The number of aliphatic imine (C=N–C) groups is 1. The predicted molar refractivity (Wildman–Crippen MR) is 182 cm³/mol. The lowest BCUT2D eigenvalue weighted by Gasteiger charge is -2.35.